The Labute approximate surface area is 159 Å². The van der Waals surface area contributed by atoms with Crippen LogP contribution in [-0.2, 0) is 11.8 Å². The smallest absolute Gasteiger partial charge is 0.118 e. The van der Waals surface area contributed by atoms with E-state index in [1.54, 1.807) is 0 Å². The summed E-state index contributed by atoms with van der Waals surface area (Å²) < 4.78 is 0. The fourth-order valence-electron chi connectivity index (χ4n) is 4.32. The minimum atomic E-state index is 0. The third kappa shape index (κ3) is 2.67. The van der Waals surface area contributed by atoms with Crippen LogP contribution in [0.2, 0.25) is 5.02 Å². The van der Waals surface area contributed by atoms with Gasteiger partial charge in [0.05, 0.1) is 0 Å². The molecule has 0 radical (unpaired) electrons. The molecule has 4 heteroatoms. The molecule has 1 heterocycles. The molecule has 2 nitrogen and oxygen atoms in total. The first-order valence-corrected chi connectivity index (χ1v) is 8.68. The van der Waals surface area contributed by atoms with E-state index in [1.807, 2.05) is 25.1 Å². The van der Waals surface area contributed by atoms with E-state index in [2.05, 4.69) is 30.1 Å². The molecule has 1 aliphatic heterocycles. The number of hydrogen-bond donors (Lipinski definition) is 1. The van der Waals surface area contributed by atoms with E-state index >= 15 is 0 Å². The van der Waals surface area contributed by atoms with E-state index in [0.29, 0.717) is 5.75 Å². The third-order valence-electron chi connectivity index (χ3n) is 5.65. The molecule has 0 saturated heterocycles. The van der Waals surface area contributed by atoms with Gasteiger partial charge in [-0.3, -0.25) is 4.90 Å². The average molecular weight is 409 g/mol. The van der Waals surface area contributed by atoms with E-state index in [9.17, 15) is 5.11 Å². The summed E-state index contributed by atoms with van der Waals surface area (Å²) in [4.78, 5) is 2.44. The van der Waals surface area contributed by atoms with Gasteiger partial charge >= 0.3 is 0 Å². The lowest BCUT2D eigenvalue weighted by Crippen LogP contribution is -2.39. The number of aromatic hydroxyl groups is 1. The van der Waals surface area contributed by atoms with Gasteiger partial charge in [-0.1, -0.05) is 35.9 Å². The summed E-state index contributed by atoms with van der Waals surface area (Å²) in [6, 6.07) is 12.7. The molecular weight excluding hydrogens is 386 g/mol. The number of hydrogen-bond acceptors (Lipinski definition) is 2. The first-order valence-electron chi connectivity index (χ1n) is 8.30. The molecule has 2 aromatic rings. The minimum absolute atomic E-state index is 0. The number of benzene rings is 2. The Balaban J connectivity index is 0.00000169. The van der Waals surface area contributed by atoms with Gasteiger partial charge in [0.1, 0.15) is 5.75 Å². The number of fused-ring (bicyclic) bond motifs is 1. The number of aryl methyl sites for hydroxylation is 1. The minimum Gasteiger partial charge on any atom is -0.508 e. The molecule has 24 heavy (non-hydrogen) atoms. The molecule has 1 fully saturated rings. The Morgan fingerprint density at radius 2 is 1.92 bits per heavy atom. The number of halogens is 2. The summed E-state index contributed by atoms with van der Waals surface area (Å²) in [6.07, 6.45) is 3.35. The van der Waals surface area contributed by atoms with Crippen molar-refractivity contribution >= 4 is 28.6 Å². The van der Waals surface area contributed by atoms with E-state index in [-0.39, 0.29) is 28.4 Å². The van der Waals surface area contributed by atoms with Crippen LogP contribution >= 0.6 is 28.6 Å². The van der Waals surface area contributed by atoms with Gasteiger partial charge in [-0.25, -0.2) is 0 Å². The van der Waals surface area contributed by atoms with Crippen LogP contribution in [0.1, 0.15) is 41.1 Å². The largest absolute Gasteiger partial charge is 0.508 e. The number of rotatable bonds is 2. The monoisotopic (exact) mass is 407 g/mol. The summed E-state index contributed by atoms with van der Waals surface area (Å²) in [7, 11) is 2.20. The van der Waals surface area contributed by atoms with Crippen LogP contribution in [0.4, 0.5) is 0 Å². The summed E-state index contributed by atoms with van der Waals surface area (Å²) in [6.45, 7) is 3.03. The van der Waals surface area contributed by atoms with Crippen LogP contribution in [-0.4, -0.2) is 23.6 Å². The molecule has 0 aromatic heterocycles. The molecule has 1 unspecified atom stereocenters. The van der Waals surface area contributed by atoms with Gasteiger partial charge in [-0.05, 0) is 67.6 Å². The highest BCUT2D eigenvalue weighted by Gasteiger charge is 2.54. The molecule has 0 bridgehead atoms. The molecule has 4 rings (SSSR count). The van der Waals surface area contributed by atoms with Crippen molar-refractivity contribution in [2.75, 3.05) is 13.6 Å². The molecule has 1 aliphatic carbocycles. The molecule has 1 atom stereocenters. The van der Waals surface area contributed by atoms with Crippen LogP contribution in [0, 0.1) is 6.92 Å². The second-order valence-electron chi connectivity index (χ2n) is 7.11. The second-order valence-corrected chi connectivity index (χ2v) is 7.51. The Morgan fingerprint density at radius 1 is 1.21 bits per heavy atom. The number of likely N-dealkylation sites (N-methyl/N-ethyl adjacent to an activating group) is 1. The van der Waals surface area contributed by atoms with Crippen LogP contribution in [0.25, 0.3) is 0 Å². The van der Waals surface area contributed by atoms with Gasteiger partial charge in [0.15, 0.2) is 0 Å². The van der Waals surface area contributed by atoms with Crippen molar-refractivity contribution in [3.8, 4) is 5.75 Å². The van der Waals surface area contributed by atoms with Gasteiger partial charge < -0.3 is 5.11 Å². The van der Waals surface area contributed by atoms with E-state index < -0.39 is 0 Å². The standard InChI is InChI=1S/C20H22ClNO.BrH/c1-13-11-14-7-10-22(2)19(15(14)12-18(13)23)20(8-9-20)16-5-3-4-6-17(16)21;/h3-6,11-12,19,23H,7-10H2,1-2H3;1H. The molecule has 1 saturated carbocycles. The Kier molecular flexibility index (Phi) is 4.71. The van der Waals surface area contributed by atoms with E-state index in [4.69, 9.17) is 11.6 Å². The highest BCUT2D eigenvalue weighted by molar-refractivity contribution is 8.93. The van der Waals surface area contributed by atoms with Crippen molar-refractivity contribution in [3.05, 3.63) is 63.7 Å². The highest BCUT2D eigenvalue weighted by atomic mass is 79.9. The van der Waals surface area contributed by atoms with Crippen molar-refractivity contribution in [2.45, 2.75) is 37.6 Å². The van der Waals surface area contributed by atoms with Crippen LogP contribution in [0.3, 0.4) is 0 Å². The van der Waals surface area contributed by atoms with Gasteiger partial charge in [-0.2, -0.15) is 0 Å². The van der Waals surface area contributed by atoms with Crippen molar-refractivity contribution < 1.29 is 5.11 Å². The average Bonchev–Trinajstić information content (AvgIpc) is 3.30. The zero-order chi connectivity index (χ0) is 16.2. The molecule has 2 aliphatic rings. The number of phenols is 1. The van der Waals surface area contributed by atoms with E-state index in [1.165, 1.54) is 16.7 Å². The maximum absolute atomic E-state index is 10.2. The third-order valence-corrected chi connectivity index (χ3v) is 5.98. The summed E-state index contributed by atoms with van der Waals surface area (Å²) >= 11 is 6.53. The first kappa shape index (κ1) is 17.8. The maximum atomic E-state index is 10.2. The summed E-state index contributed by atoms with van der Waals surface area (Å²) in [5, 5.41) is 11.1. The molecule has 128 valence electrons. The van der Waals surface area contributed by atoms with Crippen LogP contribution in [0.15, 0.2) is 36.4 Å². The van der Waals surface area contributed by atoms with Gasteiger partial charge in [0.25, 0.3) is 0 Å². The number of nitrogens with zero attached hydrogens (tertiary/aromatic N) is 1. The highest BCUT2D eigenvalue weighted by Crippen LogP contribution is 2.61. The van der Waals surface area contributed by atoms with Crippen LogP contribution < -0.4 is 0 Å². The molecule has 0 amide bonds. The fraction of sp³-hybridized carbons (Fsp3) is 0.400. The van der Waals surface area contributed by atoms with Crippen molar-refractivity contribution in [1.29, 1.82) is 0 Å². The Bertz CT molecular complexity index is 772. The predicted octanol–water partition coefficient (Wildman–Crippen LogP) is 5.19. The van der Waals surface area contributed by atoms with Crippen molar-refractivity contribution in [2.24, 2.45) is 0 Å². The second kappa shape index (κ2) is 6.36. The topological polar surface area (TPSA) is 23.5 Å². The van der Waals surface area contributed by atoms with Gasteiger partial charge in [-0.15, -0.1) is 17.0 Å². The lowest BCUT2D eigenvalue weighted by Gasteiger charge is -2.41. The van der Waals surface area contributed by atoms with E-state index in [0.717, 1.165) is 36.4 Å². The fourth-order valence-corrected chi connectivity index (χ4v) is 4.64. The zero-order valence-electron chi connectivity index (χ0n) is 14.1. The van der Waals surface area contributed by atoms with Gasteiger partial charge in [0.2, 0.25) is 0 Å². The van der Waals surface area contributed by atoms with Gasteiger partial charge in [0, 0.05) is 23.0 Å². The van der Waals surface area contributed by atoms with Crippen molar-refractivity contribution in [1.82, 2.24) is 4.90 Å². The normalized spacial score (nSPS) is 21.7. The Morgan fingerprint density at radius 3 is 2.58 bits per heavy atom. The number of phenolic OH excluding ortho intramolecular Hbond substituents is 1. The SMILES string of the molecule is Br.Cc1cc2c(cc1O)C(C1(c3ccccc3Cl)CC1)N(C)CC2. The lowest BCUT2D eigenvalue weighted by molar-refractivity contribution is 0.187. The molecule has 0 spiro atoms. The quantitative estimate of drug-likeness (QED) is 0.739. The zero-order valence-corrected chi connectivity index (χ0v) is 16.5. The van der Waals surface area contributed by atoms with Crippen LogP contribution in [0.5, 0.6) is 5.75 Å². The summed E-state index contributed by atoms with van der Waals surface area (Å²) in [5.74, 6) is 0.402. The molecule has 1 N–H and O–H groups in total. The molecular formula is C20H23BrClNO. The summed E-state index contributed by atoms with van der Waals surface area (Å²) in [5.41, 5.74) is 4.96. The molecule has 2 aromatic carbocycles. The van der Waals surface area contributed by atoms with Crippen molar-refractivity contribution in [3.63, 3.8) is 0 Å². The maximum Gasteiger partial charge on any atom is 0.118 e. The lowest BCUT2D eigenvalue weighted by atomic mass is 9.78. The first-order chi connectivity index (χ1) is 11.0. The Hall–Kier alpha value is -1.03. The predicted molar refractivity (Wildman–Crippen MR) is 105 cm³/mol.